The summed E-state index contributed by atoms with van der Waals surface area (Å²) < 4.78 is 0. The average molecular weight is 214 g/mol. The molecule has 0 bridgehead atoms. The Bertz CT molecular complexity index is 290. The summed E-state index contributed by atoms with van der Waals surface area (Å²) in [5.41, 5.74) is 0. The van der Waals surface area contributed by atoms with Gasteiger partial charge in [0.05, 0.1) is 12.0 Å². The number of amides is 1. The zero-order valence-corrected chi connectivity index (χ0v) is 8.22. The van der Waals surface area contributed by atoms with Crippen molar-refractivity contribution in [1.82, 2.24) is 10.2 Å². The van der Waals surface area contributed by atoms with Crippen LogP contribution < -0.4 is 5.32 Å². The molecule has 6 nitrogen and oxygen atoms in total. The van der Waals surface area contributed by atoms with E-state index in [0.29, 0.717) is 13.1 Å². The molecule has 0 aromatic carbocycles. The van der Waals surface area contributed by atoms with Crippen LogP contribution in [0.3, 0.4) is 0 Å². The van der Waals surface area contributed by atoms with Gasteiger partial charge in [0.25, 0.3) is 0 Å². The number of hydrogen-bond acceptors (Lipinski definition) is 4. The Kier molecular flexibility index (Phi) is 2.62. The number of nitrogens with zero attached hydrogens (tertiary/aromatic N) is 1. The molecule has 2 saturated heterocycles. The molecule has 0 radical (unpaired) electrons. The van der Waals surface area contributed by atoms with Crippen LogP contribution in [0.15, 0.2) is 0 Å². The van der Waals surface area contributed by atoms with Crippen molar-refractivity contribution in [2.45, 2.75) is 18.6 Å². The molecule has 1 amide bonds. The third-order valence-corrected chi connectivity index (χ3v) is 2.98. The highest BCUT2D eigenvalue weighted by atomic mass is 16.4. The molecule has 0 aromatic heterocycles. The van der Waals surface area contributed by atoms with Gasteiger partial charge in [-0.1, -0.05) is 0 Å². The molecule has 6 heteroatoms. The van der Waals surface area contributed by atoms with E-state index in [0.717, 1.165) is 0 Å². The molecule has 2 unspecified atom stereocenters. The van der Waals surface area contributed by atoms with Gasteiger partial charge in [0, 0.05) is 26.1 Å². The summed E-state index contributed by atoms with van der Waals surface area (Å²) in [6.07, 6.45) is -0.565. The Morgan fingerprint density at radius 2 is 2.00 bits per heavy atom. The first-order valence-electron chi connectivity index (χ1n) is 5.01. The second-order valence-electron chi connectivity index (χ2n) is 4.09. The van der Waals surface area contributed by atoms with E-state index in [1.165, 1.54) is 4.90 Å². The van der Waals surface area contributed by atoms with E-state index in [9.17, 15) is 14.7 Å². The average Bonchev–Trinajstić information content (AvgIpc) is 2.44. The number of carbonyl (C=O) groups excluding carboxylic acids is 1. The van der Waals surface area contributed by atoms with Crippen LogP contribution >= 0.6 is 0 Å². The molecule has 0 aliphatic carbocycles. The number of nitrogens with one attached hydrogen (secondary N) is 1. The lowest BCUT2D eigenvalue weighted by atomic mass is 10.0. The topological polar surface area (TPSA) is 89.9 Å². The molecule has 2 aliphatic rings. The van der Waals surface area contributed by atoms with E-state index in [1.807, 2.05) is 0 Å². The summed E-state index contributed by atoms with van der Waals surface area (Å²) in [5, 5.41) is 21.2. The van der Waals surface area contributed by atoms with Gasteiger partial charge >= 0.3 is 5.97 Å². The number of carboxylic acid groups (broad SMARTS) is 1. The lowest BCUT2D eigenvalue weighted by Crippen LogP contribution is -2.54. The lowest BCUT2D eigenvalue weighted by molar-refractivity contribution is -0.150. The zero-order valence-electron chi connectivity index (χ0n) is 8.22. The Balaban J connectivity index is 2.05. The highest BCUT2D eigenvalue weighted by Gasteiger charge is 2.42. The molecule has 0 saturated carbocycles. The number of likely N-dealkylation sites (tertiary alicyclic amines) is 1. The third kappa shape index (κ3) is 1.82. The number of carboxylic acids is 1. The van der Waals surface area contributed by atoms with Crippen LogP contribution in [0, 0.1) is 5.92 Å². The molecular weight excluding hydrogens is 200 g/mol. The molecule has 84 valence electrons. The van der Waals surface area contributed by atoms with Crippen molar-refractivity contribution in [3.63, 3.8) is 0 Å². The van der Waals surface area contributed by atoms with Gasteiger partial charge in [-0.25, -0.2) is 4.79 Å². The minimum atomic E-state index is -1.04. The van der Waals surface area contributed by atoms with E-state index < -0.39 is 18.1 Å². The molecule has 2 atom stereocenters. The van der Waals surface area contributed by atoms with Gasteiger partial charge in [-0.15, -0.1) is 0 Å². The van der Waals surface area contributed by atoms with Crippen molar-refractivity contribution in [2.75, 3.05) is 19.6 Å². The van der Waals surface area contributed by atoms with Gasteiger partial charge in [0.15, 0.2) is 0 Å². The number of aliphatic hydroxyl groups excluding tert-OH is 1. The van der Waals surface area contributed by atoms with Gasteiger partial charge < -0.3 is 20.4 Å². The highest BCUT2D eigenvalue weighted by Crippen LogP contribution is 2.21. The molecule has 2 heterocycles. The molecule has 2 rings (SSSR count). The highest BCUT2D eigenvalue weighted by molar-refractivity contribution is 5.86. The fourth-order valence-corrected chi connectivity index (χ4v) is 1.99. The second kappa shape index (κ2) is 3.79. The Morgan fingerprint density at radius 3 is 2.47 bits per heavy atom. The Hall–Kier alpha value is -1.14. The standard InChI is InChI=1S/C9H14N2O4/c12-6-1-7(9(14)15)11(4-6)8(13)5-2-10-3-5/h5-7,10,12H,1-4H2,(H,14,15). The quantitative estimate of drug-likeness (QED) is 0.507. The molecule has 2 fully saturated rings. The Labute approximate surface area is 86.9 Å². The summed E-state index contributed by atoms with van der Waals surface area (Å²) in [7, 11) is 0. The number of β-amino-alcohol motifs (C(OH)–C–C–N with tert-alkyl or cyclic N) is 1. The molecular formula is C9H14N2O4. The van der Waals surface area contributed by atoms with E-state index in [4.69, 9.17) is 5.11 Å². The number of carbonyl (C=O) groups is 2. The number of rotatable bonds is 2. The van der Waals surface area contributed by atoms with E-state index in [2.05, 4.69) is 5.32 Å². The maximum Gasteiger partial charge on any atom is 0.326 e. The first-order chi connectivity index (χ1) is 7.09. The second-order valence-corrected chi connectivity index (χ2v) is 4.09. The van der Waals surface area contributed by atoms with Crippen molar-refractivity contribution < 1.29 is 19.8 Å². The molecule has 2 aliphatic heterocycles. The predicted molar refractivity (Wildman–Crippen MR) is 50.1 cm³/mol. The first-order valence-corrected chi connectivity index (χ1v) is 5.01. The monoisotopic (exact) mass is 214 g/mol. The van der Waals surface area contributed by atoms with Crippen molar-refractivity contribution in [2.24, 2.45) is 5.92 Å². The summed E-state index contributed by atoms with van der Waals surface area (Å²) in [4.78, 5) is 24.0. The number of aliphatic hydroxyl groups is 1. The minimum Gasteiger partial charge on any atom is -0.480 e. The Morgan fingerprint density at radius 1 is 1.33 bits per heavy atom. The van der Waals surface area contributed by atoms with Crippen molar-refractivity contribution in [3.05, 3.63) is 0 Å². The van der Waals surface area contributed by atoms with Crippen molar-refractivity contribution >= 4 is 11.9 Å². The van der Waals surface area contributed by atoms with Crippen LogP contribution in [0.2, 0.25) is 0 Å². The molecule has 0 aromatic rings. The summed E-state index contributed by atoms with van der Waals surface area (Å²) in [6, 6.07) is -0.854. The fourth-order valence-electron chi connectivity index (χ4n) is 1.99. The van der Waals surface area contributed by atoms with E-state index in [1.54, 1.807) is 0 Å². The maximum atomic E-state index is 11.8. The molecule has 0 spiro atoms. The summed E-state index contributed by atoms with van der Waals surface area (Å²) in [6.45, 7) is 1.36. The van der Waals surface area contributed by atoms with Crippen LogP contribution in [-0.4, -0.2) is 58.8 Å². The minimum absolute atomic E-state index is 0.114. The van der Waals surface area contributed by atoms with E-state index in [-0.39, 0.29) is 24.8 Å². The SMILES string of the molecule is O=C(O)C1CC(O)CN1C(=O)C1CNC1. The lowest BCUT2D eigenvalue weighted by Gasteiger charge is -2.31. The zero-order chi connectivity index (χ0) is 11.0. The van der Waals surface area contributed by atoms with Crippen LogP contribution in [0.25, 0.3) is 0 Å². The number of aliphatic carboxylic acids is 1. The number of hydrogen-bond donors (Lipinski definition) is 3. The van der Waals surface area contributed by atoms with Crippen molar-refractivity contribution in [3.8, 4) is 0 Å². The smallest absolute Gasteiger partial charge is 0.326 e. The van der Waals surface area contributed by atoms with Gasteiger partial charge in [0.1, 0.15) is 6.04 Å². The fraction of sp³-hybridized carbons (Fsp3) is 0.778. The largest absolute Gasteiger partial charge is 0.480 e. The molecule has 15 heavy (non-hydrogen) atoms. The van der Waals surface area contributed by atoms with Crippen LogP contribution in [0.5, 0.6) is 0 Å². The predicted octanol–water partition coefficient (Wildman–Crippen LogP) is -1.75. The first kappa shape index (κ1) is 10.4. The normalized spacial score (nSPS) is 31.4. The summed E-state index contributed by atoms with van der Waals surface area (Å²) >= 11 is 0. The maximum absolute atomic E-state index is 11.8. The van der Waals surface area contributed by atoms with Crippen LogP contribution in [0.4, 0.5) is 0 Å². The third-order valence-electron chi connectivity index (χ3n) is 2.98. The van der Waals surface area contributed by atoms with Crippen molar-refractivity contribution in [1.29, 1.82) is 0 Å². The van der Waals surface area contributed by atoms with Gasteiger partial charge in [0.2, 0.25) is 5.91 Å². The van der Waals surface area contributed by atoms with Gasteiger partial charge in [-0.2, -0.15) is 0 Å². The van der Waals surface area contributed by atoms with Gasteiger partial charge in [-0.3, -0.25) is 4.79 Å². The van der Waals surface area contributed by atoms with E-state index >= 15 is 0 Å². The van der Waals surface area contributed by atoms with Gasteiger partial charge in [-0.05, 0) is 0 Å². The summed E-state index contributed by atoms with van der Waals surface area (Å²) in [5.74, 6) is -1.30. The van der Waals surface area contributed by atoms with Crippen LogP contribution in [0.1, 0.15) is 6.42 Å². The van der Waals surface area contributed by atoms with Crippen LogP contribution in [-0.2, 0) is 9.59 Å². The molecule has 3 N–H and O–H groups in total.